The summed E-state index contributed by atoms with van der Waals surface area (Å²) in [5.41, 5.74) is 0. The Morgan fingerprint density at radius 1 is 1.67 bits per heavy atom. The number of likely N-dealkylation sites (N-methyl/N-ethyl adjacent to an activating group) is 1. The number of thiophene rings is 1. The molecule has 2 unspecified atom stereocenters. The Morgan fingerprint density at radius 2 is 2.60 bits per heavy atom. The molecule has 2 nitrogen and oxygen atoms in total. The van der Waals surface area contributed by atoms with Crippen LogP contribution in [0.1, 0.15) is 17.7 Å². The van der Waals surface area contributed by atoms with Crippen molar-refractivity contribution >= 4 is 11.3 Å². The molecule has 84 valence electrons. The molecule has 0 saturated carbocycles. The van der Waals surface area contributed by atoms with E-state index in [1.165, 1.54) is 17.7 Å². The van der Waals surface area contributed by atoms with E-state index in [-0.39, 0.29) is 0 Å². The lowest BCUT2D eigenvalue weighted by molar-refractivity contribution is 0.181. The largest absolute Gasteiger partial charge is 0.381 e. The van der Waals surface area contributed by atoms with E-state index in [0.717, 1.165) is 25.6 Å². The van der Waals surface area contributed by atoms with Gasteiger partial charge in [-0.15, -0.1) is 11.3 Å². The molecular formula is C12H19NOS. The second-order valence-electron chi connectivity index (χ2n) is 4.23. The summed E-state index contributed by atoms with van der Waals surface area (Å²) in [5.74, 6) is 0.766. The minimum Gasteiger partial charge on any atom is -0.381 e. The van der Waals surface area contributed by atoms with Crippen LogP contribution in [-0.2, 0) is 11.2 Å². The first kappa shape index (κ1) is 11.1. The first-order chi connectivity index (χ1) is 7.38. The van der Waals surface area contributed by atoms with Crippen molar-refractivity contribution in [2.45, 2.75) is 25.3 Å². The van der Waals surface area contributed by atoms with Gasteiger partial charge in [0, 0.05) is 24.1 Å². The monoisotopic (exact) mass is 225 g/mol. The Hall–Kier alpha value is -0.380. The van der Waals surface area contributed by atoms with Gasteiger partial charge in [-0.1, -0.05) is 6.07 Å². The van der Waals surface area contributed by atoms with Crippen LogP contribution in [0.25, 0.3) is 0 Å². The maximum Gasteiger partial charge on any atom is 0.0495 e. The van der Waals surface area contributed by atoms with Crippen LogP contribution >= 0.6 is 11.3 Å². The van der Waals surface area contributed by atoms with Crippen molar-refractivity contribution in [1.29, 1.82) is 0 Å². The van der Waals surface area contributed by atoms with Gasteiger partial charge in [0.1, 0.15) is 0 Å². The van der Waals surface area contributed by atoms with Crippen LogP contribution in [0.3, 0.4) is 0 Å². The molecule has 0 radical (unpaired) electrons. The van der Waals surface area contributed by atoms with E-state index in [0.29, 0.717) is 6.04 Å². The van der Waals surface area contributed by atoms with Crippen molar-refractivity contribution in [3.05, 3.63) is 22.4 Å². The molecule has 0 bridgehead atoms. The van der Waals surface area contributed by atoms with E-state index in [9.17, 15) is 0 Å². The second-order valence-corrected chi connectivity index (χ2v) is 5.27. The van der Waals surface area contributed by atoms with E-state index in [1.54, 1.807) is 0 Å². The minimum absolute atomic E-state index is 0.607. The van der Waals surface area contributed by atoms with Crippen LogP contribution in [0.5, 0.6) is 0 Å². The summed E-state index contributed by atoms with van der Waals surface area (Å²) in [6, 6.07) is 4.96. The average molecular weight is 225 g/mol. The number of rotatable bonds is 5. The molecule has 1 N–H and O–H groups in total. The summed E-state index contributed by atoms with van der Waals surface area (Å²) in [6.45, 7) is 1.92. The van der Waals surface area contributed by atoms with Crippen molar-refractivity contribution in [3.63, 3.8) is 0 Å². The summed E-state index contributed by atoms with van der Waals surface area (Å²) in [6.07, 6.45) is 3.64. The molecule has 3 heteroatoms. The molecule has 0 aromatic carbocycles. The van der Waals surface area contributed by atoms with Crippen LogP contribution in [0, 0.1) is 5.92 Å². The lowest BCUT2D eigenvalue weighted by Crippen LogP contribution is -2.30. The zero-order valence-electron chi connectivity index (χ0n) is 9.24. The second kappa shape index (κ2) is 5.64. The third-order valence-electron chi connectivity index (χ3n) is 3.08. The highest BCUT2D eigenvalue weighted by molar-refractivity contribution is 7.09. The van der Waals surface area contributed by atoms with Gasteiger partial charge in [-0.05, 0) is 43.7 Å². The van der Waals surface area contributed by atoms with Gasteiger partial charge in [-0.3, -0.25) is 0 Å². The van der Waals surface area contributed by atoms with Crippen molar-refractivity contribution in [2.24, 2.45) is 5.92 Å². The van der Waals surface area contributed by atoms with Crippen molar-refractivity contribution < 1.29 is 4.74 Å². The quantitative estimate of drug-likeness (QED) is 0.830. The molecule has 0 aliphatic carbocycles. The van der Waals surface area contributed by atoms with E-state index < -0.39 is 0 Å². The van der Waals surface area contributed by atoms with Crippen LogP contribution < -0.4 is 5.32 Å². The van der Waals surface area contributed by atoms with Crippen LogP contribution in [0.4, 0.5) is 0 Å². The molecule has 1 saturated heterocycles. The fraction of sp³-hybridized carbons (Fsp3) is 0.667. The molecule has 2 rings (SSSR count). The number of hydrogen-bond donors (Lipinski definition) is 1. The van der Waals surface area contributed by atoms with Gasteiger partial charge >= 0.3 is 0 Å². The predicted molar refractivity (Wildman–Crippen MR) is 64.4 cm³/mol. The fourth-order valence-corrected chi connectivity index (χ4v) is 2.93. The van der Waals surface area contributed by atoms with Crippen molar-refractivity contribution in [3.8, 4) is 0 Å². The Kier molecular flexibility index (Phi) is 4.18. The number of hydrogen-bond acceptors (Lipinski definition) is 3. The van der Waals surface area contributed by atoms with E-state index in [2.05, 4.69) is 29.9 Å². The molecule has 1 aromatic heterocycles. The molecule has 15 heavy (non-hydrogen) atoms. The van der Waals surface area contributed by atoms with Crippen molar-refractivity contribution in [2.75, 3.05) is 20.3 Å². The molecule has 1 aliphatic heterocycles. The lowest BCUT2D eigenvalue weighted by Gasteiger charge is -2.18. The van der Waals surface area contributed by atoms with Crippen molar-refractivity contribution in [1.82, 2.24) is 5.32 Å². The molecule has 1 aromatic rings. The smallest absolute Gasteiger partial charge is 0.0495 e. The Balaban J connectivity index is 1.81. The summed E-state index contributed by atoms with van der Waals surface area (Å²) in [5, 5.41) is 5.57. The highest BCUT2D eigenvalue weighted by Gasteiger charge is 2.20. The summed E-state index contributed by atoms with van der Waals surface area (Å²) in [4.78, 5) is 1.48. The van der Waals surface area contributed by atoms with Gasteiger partial charge in [0.15, 0.2) is 0 Å². The number of ether oxygens (including phenoxy) is 1. The van der Waals surface area contributed by atoms with Crippen LogP contribution in [0.2, 0.25) is 0 Å². The lowest BCUT2D eigenvalue weighted by atomic mass is 9.97. The average Bonchev–Trinajstić information content (AvgIpc) is 2.89. The maximum absolute atomic E-state index is 5.41. The summed E-state index contributed by atoms with van der Waals surface area (Å²) < 4.78 is 5.41. The molecule has 0 spiro atoms. The highest BCUT2D eigenvalue weighted by atomic mass is 32.1. The zero-order valence-corrected chi connectivity index (χ0v) is 10.1. The molecular weight excluding hydrogens is 206 g/mol. The van der Waals surface area contributed by atoms with Gasteiger partial charge in [0.05, 0.1) is 0 Å². The van der Waals surface area contributed by atoms with Gasteiger partial charge in [0.2, 0.25) is 0 Å². The third kappa shape index (κ3) is 3.30. The maximum atomic E-state index is 5.41. The molecule has 2 heterocycles. The SMILES string of the molecule is CNC(Cc1cccs1)CC1CCOC1. The Morgan fingerprint density at radius 3 is 3.20 bits per heavy atom. The van der Waals surface area contributed by atoms with Gasteiger partial charge in [0.25, 0.3) is 0 Å². The third-order valence-corrected chi connectivity index (χ3v) is 3.98. The van der Waals surface area contributed by atoms with E-state index >= 15 is 0 Å². The van der Waals surface area contributed by atoms with Crippen LogP contribution in [0.15, 0.2) is 17.5 Å². The van der Waals surface area contributed by atoms with Crippen LogP contribution in [-0.4, -0.2) is 26.3 Å². The van der Waals surface area contributed by atoms with Gasteiger partial charge < -0.3 is 10.1 Å². The van der Waals surface area contributed by atoms with Gasteiger partial charge in [-0.2, -0.15) is 0 Å². The summed E-state index contributed by atoms with van der Waals surface area (Å²) >= 11 is 1.85. The summed E-state index contributed by atoms with van der Waals surface area (Å²) in [7, 11) is 2.06. The van der Waals surface area contributed by atoms with Gasteiger partial charge in [-0.25, -0.2) is 0 Å². The minimum atomic E-state index is 0.607. The fourth-order valence-electron chi connectivity index (χ4n) is 2.15. The van der Waals surface area contributed by atoms with E-state index in [1.807, 2.05) is 11.3 Å². The topological polar surface area (TPSA) is 21.3 Å². The molecule has 1 fully saturated rings. The Bertz CT molecular complexity index is 267. The first-order valence-electron chi connectivity index (χ1n) is 5.66. The Labute approximate surface area is 95.6 Å². The first-order valence-corrected chi connectivity index (χ1v) is 6.54. The standard InChI is InChI=1S/C12H19NOS/c1-13-11(7-10-4-5-14-9-10)8-12-3-2-6-15-12/h2-3,6,10-11,13H,4-5,7-9H2,1H3. The highest BCUT2D eigenvalue weighted by Crippen LogP contribution is 2.21. The number of nitrogens with one attached hydrogen (secondary N) is 1. The van der Waals surface area contributed by atoms with E-state index in [4.69, 9.17) is 4.74 Å². The molecule has 0 amide bonds. The molecule has 1 aliphatic rings. The normalized spacial score (nSPS) is 23.1. The molecule has 2 atom stereocenters. The predicted octanol–water partition coefficient (Wildman–Crippen LogP) is 2.31. The zero-order chi connectivity index (χ0) is 10.5.